The normalized spacial score (nSPS) is 23.2. The standard InChI is InChI=1S/C15H18F8N2O3/c1-2-11(26)25(28,12(27)24-8-13(16,17)15(21,22)23)10-6-4-3-5-9(10)7-14(18,19)20/h3,5,9-10H,2,4,6-8H2,1H3,(H,24,27)/t9?,10?,25-/m0/s1. The van der Waals surface area contributed by atoms with Gasteiger partial charge in [-0.1, -0.05) is 19.1 Å². The molecule has 5 nitrogen and oxygen atoms in total. The average molecular weight is 426 g/mol. The molecule has 3 amide bonds. The van der Waals surface area contributed by atoms with Crippen molar-refractivity contribution >= 4 is 11.9 Å². The molecule has 0 saturated heterocycles. The van der Waals surface area contributed by atoms with E-state index in [-0.39, 0.29) is 12.8 Å². The highest BCUT2D eigenvalue weighted by molar-refractivity contribution is 5.84. The molecule has 0 aromatic rings. The third kappa shape index (κ3) is 5.40. The van der Waals surface area contributed by atoms with Crippen molar-refractivity contribution in [2.24, 2.45) is 5.92 Å². The summed E-state index contributed by atoms with van der Waals surface area (Å²) in [5, 5.41) is 14.1. The van der Waals surface area contributed by atoms with Crippen LogP contribution in [0.2, 0.25) is 0 Å². The lowest BCUT2D eigenvalue weighted by Crippen LogP contribution is -2.65. The van der Waals surface area contributed by atoms with E-state index in [9.17, 15) is 49.9 Å². The monoisotopic (exact) mass is 426 g/mol. The summed E-state index contributed by atoms with van der Waals surface area (Å²) < 4.78 is 98.4. The van der Waals surface area contributed by atoms with Gasteiger partial charge in [0.25, 0.3) is 0 Å². The summed E-state index contributed by atoms with van der Waals surface area (Å²) in [7, 11) is 0. The van der Waals surface area contributed by atoms with Crippen molar-refractivity contribution in [3.63, 3.8) is 0 Å². The Balaban J connectivity index is 3.18. The first kappa shape index (κ1) is 24.3. The van der Waals surface area contributed by atoms with Crippen LogP contribution in [0.5, 0.6) is 0 Å². The zero-order valence-electron chi connectivity index (χ0n) is 14.5. The summed E-state index contributed by atoms with van der Waals surface area (Å²) >= 11 is 0. The van der Waals surface area contributed by atoms with Crippen molar-refractivity contribution in [2.45, 2.75) is 56.9 Å². The molecule has 13 heteroatoms. The molecule has 0 aromatic carbocycles. The van der Waals surface area contributed by atoms with Crippen LogP contribution in [0.15, 0.2) is 12.2 Å². The Kier molecular flexibility index (Phi) is 7.21. The van der Waals surface area contributed by atoms with Gasteiger partial charge in [-0.15, -0.1) is 0 Å². The fourth-order valence-corrected chi connectivity index (χ4v) is 2.89. The number of nitrogens with zero attached hydrogens (tertiary/aromatic N) is 1. The molecule has 0 bridgehead atoms. The first-order valence-electron chi connectivity index (χ1n) is 8.15. The highest BCUT2D eigenvalue weighted by Crippen LogP contribution is 2.38. The molecule has 1 rings (SSSR count). The van der Waals surface area contributed by atoms with Crippen LogP contribution in [0.25, 0.3) is 0 Å². The van der Waals surface area contributed by atoms with E-state index >= 15 is 0 Å². The quantitative estimate of drug-likeness (QED) is 0.306. The van der Waals surface area contributed by atoms with Gasteiger partial charge in [0, 0.05) is 12.3 Å². The van der Waals surface area contributed by atoms with Gasteiger partial charge in [-0.2, -0.15) is 35.1 Å². The van der Waals surface area contributed by atoms with E-state index in [0.717, 1.165) is 18.3 Å². The lowest BCUT2D eigenvalue weighted by atomic mass is 9.86. The van der Waals surface area contributed by atoms with Crippen molar-refractivity contribution in [3.8, 4) is 0 Å². The van der Waals surface area contributed by atoms with E-state index in [1.54, 1.807) is 0 Å². The largest absolute Gasteiger partial charge is 0.616 e. The second-order valence-electron chi connectivity index (χ2n) is 6.32. The molecule has 2 unspecified atom stereocenters. The Hall–Kier alpha value is -1.76. The van der Waals surface area contributed by atoms with E-state index in [1.807, 2.05) is 0 Å². The third-order valence-electron chi connectivity index (χ3n) is 4.29. The molecule has 1 aliphatic carbocycles. The number of hydroxylamine groups is 3. The third-order valence-corrected chi connectivity index (χ3v) is 4.29. The molecule has 3 atom stereocenters. The van der Waals surface area contributed by atoms with Crippen LogP contribution in [0.4, 0.5) is 39.9 Å². The number of rotatable bonds is 5. The number of quaternary nitrogens is 1. The number of allylic oxidation sites excluding steroid dienone is 1. The maximum atomic E-state index is 13.0. The molecule has 0 radical (unpaired) electrons. The van der Waals surface area contributed by atoms with E-state index in [0.29, 0.717) is 0 Å². The Labute approximate surface area is 154 Å². The van der Waals surface area contributed by atoms with Gasteiger partial charge in [0.15, 0.2) is 0 Å². The molecule has 0 fully saturated rings. The van der Waals surface area contributed by atoms with Crippen molar-refractivity contribution < 1.29 is 49.4 Å². The second kappa shape index (κ2) is 8.31. The summed E-state index contributed by atoms with van der Waals surface area (Å²) in [5.74, 6) is -8.45. The number of carbonyl (C=O) groups is 2. The van der Waals surface area contributed by atoms with Crippen LogP contribution in [0, 0.1) is 11.1 Å². The predicted molar refractivity (Wildman–Crippen MR) is 79.7 cm³/mol. The summed E-state index contributed by atoms with van der Waals surface area (Å²) in [6.45, 7) is -1.21. The number of carbonyl (C=O) groups excluding carboxylic acids is 2. The lowest BCUT2D eigenvalue weighted by Gasteiger charge is -2.46. The SMILES string of the molecule is CCC(=O)[N@+]([O-])(C(=O)NCC(F)(F)C(F)(F)F)C1CCC=CC1CC(F)(F)F. The molecule has 0 aliphatic heterocycles. The molecule has 1 N–H and O–H groups in total. The number of amides is 3. The van der Waals surface area contributed by atoms with Crippen LogP contribution >= 0.6 is 0 Å². The van der Waals surface area contributed by atoms with Gasteiger partial charge in [-0.3, -0.25) is 5.32 Å². The van der Waals surface area contributed by atoms with E-state index < -0.39 is 66.2 Å². The molecule has 0 aromatic heterocycles. The molecule has 0 saturated carbocycles. The minimum atomic E-state index is -6.03. The number of hydrogen-bond donors (Lipinski definition) is 1. The van der Waals surface area contributed by atoms with E-state index in [1.165, 1.54) is 6.08 Å². The maximum Gasteiger partial charge on any atom is 0.455 e. The molecule has 0 spiro atoms. The molecule has 0 heterocycles. The lowest BCUT2D eigenvalue weighted by molar-refractivity contribution is -0.756. The first-order valence-corrected chi connectivity index (χ1v) is 8.15. The van der Waals surface area contributed by atoms with Gasteiger partial charge >= 0.3 is 30.2 Å². The molecular formula is C15H18F8N2O3. The Bertz CT molecular complexity index is 617. The zero-order chi connectivity index (χ0) is 22.0. The summed E-state index contributed by atoms with van der Waals surface area (Å²) in [5.41, 5.74) is 0. The van der Waals surface area contributed by atoms with Gasteiger partial charge < -0.3 is 5.21 Å². The van der Waals surface area contributed by atoms with Crippen molar-refractivity contribution in [1.29, 1.82) is 0 Å². The molecule has 1 aliphatic rings. The van der Waals surface area contributed by atoms with Crippen LogP contribution in [0.3, 0.4) is 0 Å². The smallest absolute Gasteiger partial charge is 0.455 e. The number of hydrogen-bond acceptors (Lipinski definition) is 3. The number of alkyl halides is 8. The van der Waals surface area contributed by atoms with Gasteiger partial charge in [0.1, 0.15) is 6.04 Å². The highest BCUT2D eigenvalue weighted by Gasteiger charge is 2.58. The number of urea groups is 1. The summed E-state index contributed by atoms with van der Waals surface area (Å²) in [6, 6.07) is -3.86. The topological polar surface area (TPSA) is 69.2 Å². The predicted octanol–water partition coefficient (Wildman–Crippen LogP) is 4.43. The maximum absolute atomic E-state index is 13.0. The van der Waals surface area contributed by atoms with Crippen LogP contribution in [0.1, 0.15) is 32.6 Å². The van der Waals surface area contributed by atoms with Crippen molar-refractivity contribution in [1.82, 2.24) is 5.32 Å². The minimum absolute atomic E-state index is 0.0320. The molecule has 162 valence electrons. The number of halogens is 8. The number of imide groups is 1. The van der Waals surface area contributed by atoms with Crippen molar-refractivity contribution in [2.75, 3.05) is 6.54 Å². The Morgan fingerprint density at radius 3 is 2.18 bits per heavy atom. The average Bonchev–Trinajstić information content (AvgIpc) is 2.56. The fourth-order valence-electron chi connectivity index (χ4n) is 2.89. The Morgan fingerprint density at radius 1 is 1.14 bits per heavy atom. The van der Waals surface area contributed by atoms with Gasteiger partial charge in [0.05, 0.1) is 19.4 Å². The summed E-state index contributed by atoms with van der Waals surface area (Å²) in [6.07, 6.45) is -11.0. The van der Waals surface area contributed by atoms with Gasteiger partial charge in [-0.25, -0.2) is 14.2 Å². The summed E-state index contributed by atoms with van der Waals surface area (Å²) in [4.78, 5) is 24.3. The minimum Gasteiger partial charge on any atom is -0.616 e. The van der Waals surface area contributed by atoms with Gasteiger partial charge in [-0.05, 0) is 6.42 Å². The van der Waals surface area contributed by atoms with E-state index in [2.05, 4.69) is 0 Å². The van der Waals surface area contributed by atoms with Crippen molar-refractivity contribution in [3.05, 3.63) is 17.4 Å². The number of nitrogens with one attached hydrogen (secondary N) is 1. The highest BCUT2D eigenvalue weighted by atomic mass is 19.4. The zero-order valence-corrected chi connectivity index (χ0v) is 14.5. The molecule has 28 heavy (non-hydrogen) atoms. The fraction of sp³-hybridized carbons (Fsp3) is 0.733. The Morgan fingerprint density at radius 2 is 1.71 bits per heavy atom. The molecular weight excluding hydrogens is 408 g/mol. The van der Waals surface area contributed by atoms with E-state index in [4.69, 9.17) is 0 Å². The van der Waals surface area contributed by atoms with Gasteiger partial charge in [0.2, 0.25) is 0 Å². The second-order valence-corrected chi connectivity index (χ2v) is 6.32. The van der Waals surface area contributed by atoms with Crippen LogP contribution in [-0.4, -0.2) is 47.4 Å². The first-order chi connectivity index (χ1) is 12.6. The van der Waals surface area contributed by atoms with Crippen LogP contribution < -0.4 is 5.32 Å². The van der Waals surface area contributed by atoms with Crippen LogP contribution in [-0.2, 0) is 4.79 Å².